The van der Waals surface area contributed by atoms with E-state index in [1.165, 1.54) is 24.8 Å². The number of rotatable bonds is 10. The van der Waals surface area contributed by atoms with Crippen LogP contribution in [-0.4, -0.2) is 73.2 Å². The Kier molecular flexibility index (Phi) is 10.8. The van der Waals surface area contributed by atoms with Crippen LogP contribution in [0.1, 0.15) is 30.7 Å². The number of piperidine rings is 1. The van der Waals surface area contributed by atoms with Crippen molar-refractivity contribution in [3.05, 3.63) is 34.9 Å². The van der Waals surface area contributed by atoms with Gasteiger partial charge in [0.15, 0.2) is 0 Å². The van der Waals surface area contributed by atoms with Gasteiger partial charge in [-0.15, -0.1) is 12.4 Å². The van der Waals surface area contributed by atoms with Crippen molar-refractivity contribution in [3.8, 4) is 0 Å². The van der Waals surface area contributed by atoms with Crippen LogP contribution in [0.2, 0.25) is 5.02 Å². The number of nitrogens with one attached hydrogen (secondary N) is 1. The molecule has 0 amide bonds. The predicted molar refractivity (Wildman–Crippen MR) is 131 cm³/mol. The maximum absolute atomic E-state index is 6.15. The summed E-state index contributed by atoms with van der Waals surface area (Å²) in [5.41, 5.74) is 1.47. The smallest absolute Gasteiger partial charge is 0.0406 e. The van der Waals surface area contributed by atoms with Crippen molar-refractivity contribution in [1.82, 2.24) is 15.1 Å². The number of hydrogen-bond donors (Lipinski definition) is 3. The van der Waals surface area contributed by atoms with Crippen LogP contribution in [-0.2, 0) is 0 Å². The van der Waals surface area contributed by atoms with E-state index in [1.54, 1.807) is 0 Å². The minimum absolute atomic E-state index is 0. The van der Waals surface area contributed by atoms with Crippen LogP contribution < -0.4 is 5.32 Å². The Morgan fingerprint density at radius 3 is 2.54 bits per heavy atom. The van der Waals surface area contributed by atoms with Gasteiger partial charge in [-0.25, -0.2) is 0 Å². The lowest BCUT2D eigenvalue weighted by Crippen LogP contribution is -2.50. The first kappa shape index (κ1) is 24.6. The first-order valence-electron chi connectivity index (χ1n) is 10.3. The molecular formula is C21H35Cl2N3S2. The van der Waals surface area contributed by atoms with Gasteiger partial charge in [0.25, 0.3) is 0 Å². The first-order valence-corrected chi connectivity index (χ1v) is 11.9. The Balaban J connectivity index is 0.00000280. The van der Waals surface area contributed by atoms with Gasteiger partial charge in [0.1, 0.15) is 0 Å². The molecular weight excluding hydrogens is 429 g/mol. The quantitative estimate of drug-likeness (QED) is 0.358. The van der Waals surface area contributed by atoms with Crippen LogP contribution in [0, 0.1) is 5.92 Å². The summed E-state index contributed by atoms with van der Waals surface area (Å²) < 4.78 is 0. The second kappa shape index (κ2) is 12.3. The summed E-state index contributed by atoms with van der Waals surface area (Å²) in [5, 5.41) is 4.32. The van der Waals surface area contributed by atoms with E-state index in [9.17, 15) is 0 Å². The first-order chi connectivity index (χ1) is 13.1. The lowest BCUT2D eigenvalue weighted by atomic mass is 9.76. The van der Waals surface area contributed by atoms with Gasteiger partial charge < -0.3 is 15.1 Å². The van der Waals surface area contributed by atoms with Gasteiger partial charge in [-0.05, 0) is 55.8 Å². The fraction of sp³-hybridized carbons (Fsp3) is 0.714. The highest BCUT2D eigenvalue weighted by Crippen LogP contribution is 2.46. The summed E-state index contributed by atoms with van der Waals surface area (Å²) in [5.74, 6) is 3.10. The third-order valence-electron chi connectivity index (χ3n) is 6.51. The van der Waals surface area contributed by atoms with Gasteiger partial charge in [-0.3, -0.25) is 0 Å². The Bertz CT molecular complexity index is 575. The monoisotopic (exact) mass is 463 g/mol. The Morgan fingerprint density at radius 2 is 1.86 bits per heavy atom. The van der Waals surface area contributed by atoms with Gasteiger partial charge in [-0.1, -0.05) is 23.7 Å². The molecule has 2 fully saturated rings. The van der Waals surface area contributed by atoms with Crippen molar-refractivity contribution >= 4 is 49.3 Å². The summed E-state index contributed by atoms with van der Waals surface area (Å²) >= 11 is 15.0. The predicted octanol–water partition coefficient (Wildman–Crippen LogP) is 4.08. The van der Waals surface area contributed by atoms with E-state index in [0.717, 1.165) is 55.3 Å². The highest BCUT2D eigenvalue weighted by atomic mass is 35.5. The number of fused-ring (bicyclic) bond motifs is 2. The maximum atomic E-state index is 6.15. The summed E-state index contributed by atoms with van der Waals surface area (Å²) in [7, 11) is 2.34. The van der Waals surface area contributed by atoms with Crippen molar-refractivity contribution in [1.29, 1.82) is 0 Å². The second-order valence-corrected chi connectivity index (χ2v) is 9.35. The average Bonchev–Trinajstić information content (AvgIpc) is 2.91. The van der Waals surface area contributed by atoms with Gasteiger partial charge in [0, 0.05) is 61.3 Å². The highest BCUT2D eigenvalue weighted by molar-refractivity contribution is 7.80. The Hall–Kier alpha value is 0.380. The average molecular weight is 465 g/mol. The standard InChI is InChI=1S/C21H34ClN3S2.ClH/c1-24-18-6-7-21(24)20(15-25(11-13-27)10-8-23-9-12-26)19(14-18)16-2-4-17(22)5-3-16;/h2-5,18-21,23,26-27H,6-15H2,1H3;1H/t18?,19-,20+,21?;/m1./s1. The van der Waals surface area contributed by atoms with E-state index in [2.05, 4.69) is 71.7 Å². The SMILES string of the molecule is CN1C2CCC1[C@@H](CN(CCS)CCNCCS)[C@@H](c1ccc(Cl)cc1)C2.Cl. The molecule has 160 valence electrons. The van der Waals surface area contributed by atoms with Crippen LogP contribution in [0.15, 0.2) is 24.3 Å². The molecule has 7 heteroatoms. The number of nitrogens with zero attached hydrogens (tertiary/aromatic N) is 2. The highest BCUT2D eigenvalue weighted by Gasteiger charge is 2.46. The fourth-order valence-electron chi connectivity index (χ4n) is 5.09. The Morgan fingerprint density at radius 1 is 1.11 bits per heavy atom. The van der Waals surface area contributed by atoms with Crippen molar-refractivity contribution in [2.24, 2.45) is 5.92 Å². The lowest BCUT2D eigenvalue weighted by molar-refractivity contribution is 0.0728. The van der Waals surface area contributed by atoms with Crippen molar-refractivity contribution in [2.75, 3.05) is 51.3 Å². The molecule has 2 saturated heterocycles. The van der Waals surface area contributed by atoms with E-state index < -0.39 is 0 Å². The third kappa shape index (κ3) is 6.19. The zero-order valence-electron chi connectivity index (χ0n) is 16.8. The molecule has 1 aromatic rings. The zero-order chi connectivity index (χ0) is 19.2. The topological polar surface area (TPSA) is 18.5 Å². The summed E-state index contributed by atoms with van der Waals surface area (Å²) in [4.78, 5) is 5.27. The van der Waals surface area contributed by atoms with Crippen LogP contribution in [0.3, 0.4) is 0 Å². The molecule has 1 N–H and O–H groups in total. The molecule has 3 rings (SSSR count). The van der Waals surface area contributed by atoms with Gasteiger partial charge in [0.05, 0.1) is 0 Å². The van der Waals surface area contributed by atoms with Crippen molar-refractivity contribution in [2.45, 2.75) is 37.3 Å². The van der Waals surface area contributed by atoms with Crippen LogP contribution in [0.5, 0.6) is 0 Å². The van der Waals surface area contributed by atoms with Crippen molar-refractivity contribution < 1.29 is 0 Å². The van der Waals surface area contributed by atoms with E-state index in [-0.39, 0.29) is 12.4 Å². The molecule has 2 aliphatic rings. The normalized spacial score (nSPS) is 27.2. The van der Waals surface area contributed by atoms with Gasteiger partial charge >= 0.3 is 0 Å². The molecule has 0 spiro atoms. The lowest BCUT2D eigenvalue weighted by Gasteiger charge is -2.45. The second-order valence-electron chi connectivity index (χ2n) is 8.02. The molecule has 4 atom stereocenters. The van der Waals surface area contributed by atoms with Gasteiger partial charge in [0.2, 0.25) is 0 Å². The number of hydrogen-bond acceptors (Lipinski definition) is 5. The molecule has 2 aliphatic heterocycles. The molecule has 0 saturated carbocycles. The molecule has 0 aromatic heterocycles. The maximum Gasteiger partial charge on any atom is 0.0406 e. The Labute approximate surface area is 193 Å². The molecule has 1 aromatic carbocycles. The van der Waals surface area contributed by atoms with Crippen molar-refractivity contribution in [3.63, 3.8) is 0 Å². The zero-order valence-corrected chi connectivity index (χ0v) is 20.1. The van der Waals surface area contributed by atoms with E-state index in [0.29, 0.717) is 17.9 Å². The summed E-state index contributed by atoms with van der Waals surface area (Å²) in [6.07, 6.45) is 3.95. The van der Waals surface area contributed by atoms with E-state index >= 15 is 0 Å². The summed E-state index contributed by atoms with van der Waals surface area (Å²) in [6.45, 7) is 5.28. The van der Waals surface area contributed by atoms with Gasteiger partial charge in [-0.2, -0.15) is 25.3 Å². The number of benzene rings is 1. The van der Waals surface area contributed by atoms with Crippen LogP contribution >= 0.6 is 49.3 Å². The van der Waals surface area contributed by atoms with Crippen LogP contribution in [0.4, 0.5) is 0 Å². The minimum atomic E-state index is 0. The number of halogens is 2. The van der Waals surface area contributed by atoms with E-state index in [1.807, 2.05) is 0 Å². The fourth-order valence-corrected chi connectivity index (χ4v) is 5.66. The third-order valence-corrected chi connectivity index (χ3v) is 7.18. The molecule has 3 nitrogen and oxygen atoms in total. The molecule has 2 bridgehead atoms. The minimum Gasteiger partial charge on any atom is -0.315 e. The van der Waals surface area contributed by atoms with E-state index in [4.69, 9.17) is 11.6 Å². The number of thiol groups is 2. The largest absolute Gasteiger partial charge is 0.315 e. The molecule has 2 unspecified atom stereocenters. The molecule has 0 radical (unpaired) electrons. The molecule has 2 heterocycles. The summed E-state index contributed by atoms with van der Waals surface area (Å²) in [6, 6.07) is 10.0. The molecule has 28 heavy (non-hydrogen) atoms. The molecule has 0 aliphatic carbocycles. The van der Waals surface area contributed by atoms with Crippen LogP contribution in [0.25, 0.3) is 0 Å².